The second-order valence-corrected chi connectivity index (χ2v) is 6.40. The molecule has 0 radical (unpaired) electrons. The molecular formula is C17H36N2O. The van der Waals surface area contributed by atoms with Crippen molar-refractivity contribution < 1.29 is 4.74 Å². The van der Waals surface area contributed by atoms with Crippen LogP contribution in [0.15, 0.2) is 0 Å². The Kier molecular flexibility index (Phi) is 8.74. The smallest absolute Gasteiger partial charge is 0.0615 e. The van der Waals surface area contributed by atoms with Gasteiger partial charge in [-0.2, -0.15) is 0 Å². The van der Waals surface area contributed by atoms with Gasteiger partial charge in [-0.3, -0.25) is 4.90 Å². The molecule has 1 saturated carbocycles. The van der Waals surface area contributed by atoms with Crippen LogP contribution in [0.25, 0.3) is 0 Å². The van der Waals surface area contributed by atoms with E-state index in [1.54, 1.807) is 7.11 Å². The van der Waals surface area contributed by atoms with Gasteiger partial charge in [-0.25, -0.2) is 0 Å². The van der Waals surface area contributed by atoms with Crippen molar-refractivity contribution in [2.45, 2.75) is 65.5 Å². The number of likely N-dealkylation sites (N-methyl/N-ethyl adjacent to an activating group) is 1. The second kappa shape index (κ2) is 9.75. The first-order chi connectivity index (χ1) is 9.65. The topological polar surface area (TPSA) is 24.5 Å². The minimum atomic E-state index is 0.522. The molecule has 0 aromatic heterocycles. The lowest BCUT2D eigenvalue weighted by molar-refractivity contribution is 0.0712. The summed E-state index contributed by atoms with van der Waals surface area (Å²) in [6.07, 6.45) is 5.50. The van der Waals surface area contributed by atoms with Crippen molar-refractivity contribution in [2.24, 2.45) is 11.8 Å². The van der Waals surface area contributed by atoms with E-state index in [2.05, 4.69) is 37.9 Å². The molecule has 20 heavy (non-hydrogen) atoms. The van der Waals surface area contributed by atoms with Crippen molar-refractivity contribution in [1.29, 1.82) is 0 Å². The third-order valence-corrected chi connectivity index (χ3v) is 5.04. The molecule has 0 aromatic carbocycles. The van der Waals surface area contributed by atoms with Crippen molar-refractivity contribution >= 4 is 0 Å². The van der Waals surface area contributed by atoms with Crippen LogP contribution in [0, 0.1) is 11.8 Å². The molecule has 4 atom stereocenters. The van der Waals surface area contributed by atoms with Crippen molar-refractivity contribution in [1.82, 2.24) is 10.2 Å². The Balaban J connectivity index is 2.61. The molecule has 0 amide bonds. The Morgan fingerprint density at radius 2 is 2.00 bits per heavy atom. The predicted octanol–water partition coefficient (Wildman–Crippen LogP) is 3.15. The Morgan fingerprint density at radius 1 is 1.25 bits per heavy atom. The van der Waals surface area contributed by atoms with E-state index in [-0.39, 0.29) is 0 Å². The standard InChI is InChI=1S/C17H36N2O/c1-6-15-9-10-17(18-7-2)16(11-15)12-19(8-3)14(4)13-20-5/h14-18H,6-13H2,1-5H3. The fourth-order valence-corrected chi connectivity index (χ4v) is 3.73. The van der Waals surface area contributed by atoms with Crippen molar-refractivity contribution in [3.05, 3.63) is 0 Å². The minimum absolute atomic E-state index is 0.522. The Bertz CT molecular complexity index is 247. The van der Waals surface area contributed by atoms with Crippen LogP contribution in [-0.2, 0) is 4.74 Å². The quantitative estimate of drug-likeness (QED) is 0.704. The maximum Gasteiger partial charge on any atom is 0.0615 e. The summed E-state index contributed by atoms with van der Waals surface area (Å²) in [6, 6.07) is 1.24. The minimum Gasteiger partial charge on any atom is -0.383 e. The van der Waals surface area contributed by atoms with Crippen LogP contribution in [0.4, 0.5) is 0 Å². The highest BCUT2D eigenvalue weighted by Gasteiger charge is 2.31. The van der Waals surface area contributed by atoms with Crippen LogP contribution < -0.4 is 5.32 Å². The highest BCUT2D eigenvalue weighted by molar-refractivity contribution is 4.87. The summed E-state index contributed by atoms with van der Waals surface area (Å²) in [5.74, 6) is 1.74. The van der Waals surface area contributed by atoms with E-state index in [0.29, 0.717) is 12.1 Å². The zero-order chi connectivity index (χ0) is 15.0. The number of ether oxygens (including phenoxy) is 1. The summed E-state index contributed by atoms with van der Waals surface area (Å²) in [6.45, 7) is 13.4. The van der Waals surface area contributed by atoms with Crippen LogP contribution in [0.3, 0.4) is 0 Å². The lowest BCUT2D eigenvalue weighted by Gasteiger charge is -2.40. The number of rotatable bonds is 9. The molecule has 3 heteroatoms. The number of hydrogen-bond acceptors (Lipinski definition) is 3. The maximum atomic E-state index is 5.33. The first kappa shape index (κ1) is 17.9. The number of nitrogens with zero attached hydrogens (tertiary/aromatic N) is 1. The first-order valence-corrected chi connectivity index (χ1v) is 8.62. The average molecular weight is 284 g/mol. The van der Waals surface area contributed by atoms with Gasteiger partial charge in [0.1, 0.15) is 0 Å². The van der Waals surface area contributed by atoms with E-state index in [1.807, 2.05) is 0 Å². The van der Waals surface area contributed by atoms with Crippen molar-refractivity contribution in [3.8, 4) is 0 Å². The summed E-state index contributed by atoms with van der Waals surface area (Å²) in [4.78, 5) is 2.59. The molecule has 0 aliphatic heterocycles. The summed E-state index contributed by atoms with van der Waals surface area (Å²) < 4.78 is 5.33. The normalized spacial score (nSPS) is 28.8. The van der Waals surface area contributed by atoms with E-state index in [9.17, 15) is 0 Å². The molecule has 0 aromatic rings. The molecule has 120 valence electrons. The lowest BCUT2D eigenvalue weighted by Crippen LogP contribution is -2.48. The number of methoxy groups -OCH3 is 1. The summed E-state index contributed by atoms with van der Waals surface area (Å²) in [5, 5.41) is 3.72. The van der Waals surface area contributed by atoms with Crippen LogP contribution in [0.1, 0.15) is 53.4 Å². The Morgan fingerprint density at radius 3 is 2.55 bits per heavy atom. The predicted molar refractivity (Wildman–Crippen MR) is 87.2 cm³/mol. The van der Waals surface area contributed by atoms with Gasteiger partial charge in [0.15, 0.2) is 0 Å². The van der Waals surface area contributed by atoms with Gasteiger partial charge < -0.3 is 10.1 Å². The number of nitrogens with one attached hydrogen (secondary N) is 1. The largest absolute Gasteiger partial charge is 0.383 e. The lowest BCUT2D eigenvalue weighted by atomic mass is 9.76. The number of hydrogen-bond donors (Lipinski definition) is 1. The van der Waals surface area contributed by atoms with Crippen LogP contribution in [-0.4, -0.2) is 50.3 Å². The van der Waals surface area contributed by atoms with E-state index in [4.69, 9.17) is 4.74 Å². The molecule has 3 nitrogen and oxygen atoms in total. The van der Waals surface area contributed by atoms with Gasteiger partial charge in [-0.15, -0.1) is 0 Å². The molecule has 0 spiro atoms. The van der Waals surface area contributed by atoms with Gasteiger partial charge in [0.25, 0.3) is 0 Å². The summed E-state index contributed by atoms with van der Waals surface area (Å²) in [7, 11) is 1.81. The highest BCUT2D eigenvalue weighted by Crippen LogP contribution is 2.32. The van der Waals surface area contributed by atoms with Crippen molar-refractivity contribution in [3.63, 3.8) is 0 Å². The molecule has 1 aliphatic carbocycles. The van der Waals surface area contributed by atoms with Gasteiger partial charge in [-0.05, 0) is 51.1 Å². The highest BCUT2D eigenvalue weighted by atomic mass is 16.5. The van der Waals surface area contributed by atoms with Gasteiger partial charge in [0.2, 0.25) is 0 Å². The van der Waals surface area contributed by atoms with Gasteiger partial charge in [0, 0.05) is 25.7 Å². The van der Waals surface area contributed by atoms with Gasteiger partial charge in [0.05, 0.1) is 6.61 Å². The molecule has 0 heterocycles. The van der Waals surface area contributed by atoms with Crippen LogP contribution in [0.5, 0.6) is 0 Å². The van der Waals surface area contributed by atoms with E-state index >= 15 is 0 Å². The van der Waals surface area contributed by atoms with E-state index in [1.165, 1.54) is 32.2 Å². The van der Waals surface area contributed by atoms with Crippen LogP contribution in [0.2, 0.25) is 0 Å². The molecule has 0 bridgehead atoms. The fraction of sp³-hybridized carbons (Fsp3) is 1.00. The fourth-order valence-electron chi connectivity index (χ4n) is 3.73. The summed E-state index contributed by atoms with van der Waals surface area (Å²) >= 11 is 0. The molecule has 4 unspecified atom stereocenters. The molecule has 1 aliphatic rings. The van der Waals surface area contributed by atoms with E-state index in [0.717, 1.165) is 31.5 Å². The first-order valence-electron chi connectivity index (χ1n) is 8.62. The molecule has 1 N–H and O–H groups in total. The Hall–Kier alpha value is -0.120. The third-order valence-electron chi connectivity index (χ3n) is 5.04. The zero-order valence-corrected chi connectivity index (χ0v) is 14.3. The van der Waals surface area contributed by atoms with Gasteiger partial charge in [-0.1, -0.05) is 27.2 Å². The van der Waals surface area contributed by atoms with Gasteiger partial charge >= 0.3 is 0 Å². The van der Waals surface area contributed by atoms with E-state index < -0.39 is 0 Å². The second-order valence-electron chi connectivity index (χ2n) is 6.40. The molecular weight excluding hydrogens is 248 g/mol. The average Bonchev–Trinajstić information content (AvgIpc) is 2.46. The Labute approximate surface area is 126 Å². The monoisotopic (exact) mass is 284 g/mol. The molecule has 1 rings (SSSR count). The van der Waals surface area contributed by atoms with Crippen molar-refractivity contribution in [2.75, 3.05) is 33.4 Å². The third kappa shape index (κ3) is 5.34. The zero-order valence-electron chi connectivity index (χ0n) is 14.3. The molecule has 1 fully saturated rings. The molecule has 0 saturated heterocycles. The van der Waals surface area contributed by atoms with Crippen LogP contribution >= 0.6 is 0 Å². The SMILES string of the molecule is CCNC1CCC(CC)CC1CN(CC)C(C)COC. The summed E-state index contributed by atoms with van der Waals surface area (Å²) in [5.41, 5.74) is 0. The maximum absolute atomic E-state index is 5.33.